The Morgan fingerprint density at radius 2 is 2.10 bits per heavy atom. The third-order valence-corrected chi connectivity index (χ3v) is 5.23. The predicted molar refractivity (Wildman–Crippen MR) is 81.1 cm³/mol. The summed E-state index contributed by atoms with van der Waals surface area (Å²) >= 11 is 0. The van der Waals surface area contributed by atoms with Crippen LogP contribution in [0.1, 0.15) is 44.1 Å². The van der Waals surface area contributed by atoms with Gasteiger partial charge in [0.2, 0.25) is 0 Å². The second-order valence-electron chi connectivity index (χ2n) is 6.56. The highest BCUT2D eigenvalue weighted by molar-refractivity contribution is 5.18. The van der Waals surface area contributed by atoms with Gasteiger partial charge < -0.3 is 4.74 Å². The quantitative estimate of drug-likeness (QED) is 0.662. The Kier molecular flexibility index (Phi) is 4.57. The first-order valence-corrected chi connectivity index (χ1v) is 8.06. The maximum atomic E-state index is 13.9. The predicted octanol–water partition coefficient (Wildman–Crippen LogP) is 2.94. The molecule has 3 rings (SSSR count). The van der Waals surface area contributed by atoms with Gasteiger partial charge in [-0.25, -0.2) is 4.39 Å². The standard InChI is InChI=1S/C17H25FN2O/c18-15-6-2-1-5-13(15)11-16(20-19)14-7-10-21-17(12-14)8-3-4-9-17/h1-2,5-6,14,16,20H,3-4,7-12,19H2. The second kappa shape index (κ2) is 6.42. The van der Waals surface area contributed by atoms with E-state index >= 15 is 0 Å². The molecule has 4 heteroatoms. The molecule has 2 atom stereocenters. The van der Waals surface area contributed by atoms with Crippen molar-refractivity contribution in [3.05, 3.63) is 35.6 Å². The van der Waals surface area contributed by atoms with Crippen molar-refractivity contribution >= 4 is 0 Å². The Bertz CT molecular complexity index is 474. The van der Waals surface area contributed by atoms with Crippen LogP contribution in [0, 0.1) is 11.7 Å². The SMILES string of the molecule is NNC(Cc1ccccc1F)C1CCOC2(CCCC2)C1. The highest BCUT2D eigenvalue weighted by Crippen LogP contribution is 2.43. The van der Waals surface area contributed by atoms with E-state index in [1.54, 1.807) is 6.07 Å². The van der Waals surface area contributed by atoms with Gasteiger partial charge >= 0.3 is 0 Å². The van der Waals surface area contributed by atoms with Crippen molar-refractivity contribution in [3.63, 3.8) is 0 Å². The van der Waals surface area contributed by atoms with Gasteiger partial charge in [-0.2, -0.15) is 0 Å². The smallest absolute Gasteiger partial charge is 0.126 e. The van der Waals surface area contributed by atoms with Crippen LogP contribution in [0.4, 0.5) is 4.39 Å². The minimum absolute atomic E-state index is 0.0766. The molecule has 21 heavy (non-hydrogen) atoms. The van der Waals surface area contributed by atoms with Crippen molar-refractivity contribution in [1.29, 1.82) is 0 Å². The number of benzene rings is 1. The van der Waals surface area contributed by atoms with E-state index in [9.17, 15) is 4.39 Å². The summed E-state index contributed by atoms with van der Waals surface area (Å²) in [6.45, 7) is 0.806. The van der Waals surface area contributed by atoms with Crippen molar-refractivity contribution in [3.8, 4) is 0 Å². The van der Waals surface area contributed by atoms with Crippen LogP contribution in [-0.4, -0.2) is 18.2 Å². The molecule has 1 heterocycles. The minimum Gasteiger partial charge on any atom is -0.375 e. The summed E-state index contributed by atoms with van der Waals surface area (Å²) in [6.07, 6.45) is 7.56. The van der Waals surface area contributed by atoms with Gasteiger partial charge in [-0.3, -0.25) is 11.3 Å². The lowest BCUT2D eigenvalue weighted by Gasteiger charge is -2.41. The number of halogens is 1. The fourth-order valence-electron chi connectivity index (χ4n) is 4.04. The molecule has 0 bridgehead atoms. The van der Waals surface area contributed by atoms with Gasteiger partial charge in [0.15, 0.2) is 0 Å². The van der Waals surface area contributed by atoms with Crippen LogP contribution in [0.15, 0.2) is 24.3 Å². The van der Waals surface area contributed by atoms with E-state index in [0.29, 0.717) is 12.3 Å². The second-order valence-corrected chi connectivity index (χ2v) is 6.56. The molecule has 1 aromatic rings. The monoisotopic (exact) mass is 292 g/mol. The molecule has 0 aromatic heterocycles. The number of hydrazine groups is 1. The first-order chi connectivity index (χ1) is 10.2. The number of ether oxygens (including phenoxy) is 1. The molecule has 2 fully saturated rings. The van der Waals surface area contributed by atoms with Crippen LogP contribution in [0.2, 0.25) is 0 Å². The zero-order chi connectivity index (χ0) is 14.7. The molecule has 1 aliphatic carbocycles. The molecule has 0 radical (unpaired) electrons. The Morgan fingerprint density at radius 1 is 1.33 bits per heavy atom. The summed E-state index contributed by atoms with van der Waals surface area (Å²) in [5.74, 6) is 6.10. The lowest BCUT2D eigenvalue weighted by atomic mass is 9.79. The van der Waals surface area contributed by atoms with E-state index in [1.807, 2.05) is 12.1 Å². The molecular formula is C17H25FN2O. The van der Waals surface area contributed by atoms with E-state index in [1.165, 1.54) is 31.7 Å². The number of rotatable bonds is 4. The number of nitrogens with two attached hydrogens (primary N) is 1. The van der Waals surface area contributed by atoms with Gasteiger partial charge in [-0.05, 0) is 49.7 Å². The fourth-order valence-corrected chi connectivity index (χ4v) is 4.04. The lowest BCUT2D eigenvalue weighted by Crippen LogP contribution is -2.48. The molecule has 0 amide bonds. The zero-order valence-electron chi connectivity index (χ0n) is 12.5. The van der Waals surface area contributed by atoms with Gasteiger partial charge in [0.05, 0.1) is 5.60 Å². The van der Waals surface area contributed by atoms with Crippen LogP contribution in [0.3, 0.4) is 0 Å². The number of hydrogen-bond donors (Lipinski definition) is 2. The van der Waals surface area contributed by atoms with Gasteiger partial charge in [-0.1, -0.05) is 31.0 Å². The Morgan fingerprint density at radius 3 is 2.81 bits per heavy atom. The van der Waals surface area contributed by atoms with Crippen LogP contribution < -0.4 is 11.3 Å². The molecule has 116 valence electrons. The molecule has 2 unspecified atom stereocenters. The van der Waals surface area contributed by atoms with E-state index in [4.69, 9.17) is 10.6 Å². The van der Waals surface area contributed by atoms with Gasteiger partial charge in [0.1, 0.15) is 5.82 Å². The van der Waals surface area contributed by atoms with Crippen molar-refractivity contribution < 1.29 is 9.13 Å². The topological polar surface area (TPSA) is 47.3 Å². The van der Waals surface area contributed by atoms with Crippen molar-refractivity contribution in [2.45, 2.75) is 56.6 Å². The highest BCUT2D eigenvalue weighted by atomic mass is 19.1. The molecule has 3 N–H and O–H groups in total. The summed E-state index contributed by atoms with van der Waals surface area (Å²) < 4.78 is 19.9. The number of hydrogen-bond acceptors (Lipinski definition) is 3. The largest absolute Gasteiger partial charge is 0.375 e. The lowest BCUT2D eigenvalue weighted by molar-refractivity contribution is -0.0979. The van der Waals surface area contributed by atoms with E-state index in [0.717, 1.165) is 25.0 Å². The van der Waals surface area contributed by atoms with E-state index < -0.39 is 0 Å². The highest BCUT2D eigenvalue weighted by Gasteiger charge is 2.41. The van der Waals surface area contributed by atoms with Crippen molar-refractivity contribution in [2.24, 2.45) is 11.8 Å². The van der Waals surface area contributed by atoms with Gasteiger partial charge in [0, 0.05) is 12.6 Å². The first-order valence-electron chi connectivity index (χ1n) is 8.06. The van der Waals surface area contributed by atoms with Gasteiger partial charge in [0.25, 0.3) is 0 Å². The van der Waals surface area contributed by atoms with E-state index in [-0.39, 0.29) is 17.5 Å². The van der Waals surface area contributed by atoms with Crippen LogP contribution in [-0.2, 0) is 11.2 Å². The Balaban J connectivity index is 1.69. The van der Waals surface area contributed by atoms with Crippen molar-refractivity contribution in [2.75, 3.05) is 6.61 Å². The molecule has 1 spiro atoms. The van der Waals surface area contributed by atoms with E-state index in [2.05, 4.69) is 5.43 Å². The Hall–Kier alpha value is -0.970. The molecule has 1 aromatic carbocycles. The molecule has 1 saturated carbocycles. The fraction of sp³-hybridized carbons (Fsp3) is 0.647. The normalized spacial score (nSPS) is 26.1. The summed E-state index contributed by atoms with van der Waals surface area (Å²) in [6, 6.07) is 7.10. The number of nitrogens with one attached hydrogen (secondary N) is 1. The summed E-state index contributed by atoms with van der Waals surface area (Å²) in [5, 5.41) is 0. The zero-order valence-corrected chi connectivity index (χ0v) is 12.5. The summed E-state index contributed by atoms with van der Waals surface area (Å²) in [4.78, 5) is 0. The van der Waals surface area contributed by atoms with Crippen LogP contribution in [0.5, 0.6) is 0 Å². The van der Waals surface area contributed by atoms with Crippen LogP contribution >= 0.6 is 0 Å². The van der Waals surface area contributed by atoms with Crippen LogP contribution in [0.25, 0.3) is 0 Å². The summed E-state index contributed by atoms with van der Waals surface area (Å²) in [7, 11) is 0. The summed E-state index contributed by atoms with van der Waals surface area (Å²) in [5.41, 5.74) is 3.75. The molecule has 3 nitrogen and oxygen atoms in total. The maximum absolute atomic E-state index is 13.9. The molecule has 1 saturated heterocycles. The Labute approximate surface area is 126 Å². The average Bonchev–Trinajstić information content (AvgIpc) is 2.94. The molecule has 1 aliphatic heterocycles. The maximum Gasteiger partial charge on any atom is 0.126 e. The molecular weight excluding hydrogens is 267 g/mol. The molecule has 2 aliphatic rings. The third-order valence-electron chi connectivity index (χ3n) is 5.23. The van der Waals surface area contributed by atoms with Gasteiger partial charge in [-0.15, -0.1) is 0 Å². The first kappa shape index (κ1) is 14.9. The minimum atomic E-state index is -0.139. The average molecular weight is 292 g/mol. The third kappa shape index (κ3) is 3.28. The van der Waals surface area contributed by atoms with Crippen molar-refractivity contribution in [1.82, 2.24) is 5.43 Å².